The first-order valence-corrected chi connectivity index (χ1v) is 7.10. The van der Waals surface area contributed by atoms with E-state index in [1.165, 1.54) is 17.4 Å². The smallest absolute Gasteiger partial charge is 0.230 e. The van der Waals surface area contributed by atoms with Gasteiger partial charge in [0.1, 0.15) is 15.8 Å². The molecule has 2 N–H and O–H groups in total. The Kier molecular flexibility index (Phi) is 3.41. The standard InChI is InChI=1S/C13H7Cl2FN2OS/c14-9-5-7(12(15)20-9)11-10(13(17)19-18-11)6-3-1-2-4-8(6)16/h1-5H,17H2. The van der Waals surface area contributed by atoms with Gasteiger partial charge in [-0.25, -0.2) is 4.39 Å². The number of anilines is 1. The quantitative estimate of drug-likeness (QED) is 0.712. The second-order valence-corrected chi connectivity index (χ2v) is 6.27. The minimum Gasteiger partial charge on any atom is -0.367 e. The van der Waals surface area contributed by atoms with E-state index in [9.17, 15) is 4.39 Å². The Bertz CT molecular complexity index is 785. The van der Waals surface area contributed by atoms with E-state index >= 15 is 0 Å². The summed E-state index contributed by atoms with van der Waals surface area (Å²) in [5.74, 6) is -0.385. The fourth-order valence-electron chi connectivity index (χ4n) is 1.91. The lowest BCUT2D eigenvalue weighted by atomic mass is 10.0. The zero-order valence-electron chi connectivity index (χ0n) is 9.86. The van der Waals surface area contributed by atoms with Crippen LogP contribution in [0.5, 0.6) is 0 Å². The molecular formula is C13H7Cl2FN2OS. The van der Waals surface area contributed by atoms with Crippen molar-refractivity contribution in [2.45, 2.75) is 0 Å². The Labute approximate surface area is 127 Å². The Hall–Kier alpha value is -1.56. The van der Waals surface area contributed by atoms with Gasteiger partial charge in [0, 0.05) is 11.1 Å². The van der Waals surface area contributed by atoms with Crippen LogP contribution in [0.15, 0.2) is 34.9 Å². The fraction of sp³-hybridized carbons (Fsp3) is 0. The van der Waals surface area contributed by atoms with Gasteiger partial charge < -0.3 is 10.3 Å². The summed E-state index contributed by atoms with van der Waals surface area (Å²) in [7, 11) is 0. The Morgan fingerprint density at radius 1 is 1.20 bits per heavy atom. The van der Waals surface area contributed by atoms with Crippen LogP contribution in [-0.2, 0) is 0 Å². The van der Waals surface area contributed by atoms with Crippen molar-refractivity contribution in [3.05, 3.63) is 44.8 Å². The summed E-state index contributed by atoms with van der Waals surface area (Å²) < 4.78 is 19.9. The van der Waals surface area contributed by atoms with Crippen molar-refractivity contribution in [3.63, 3.8) is 0 Å². The summed E-state index contributed by atoms with van der Waals surface area (Å²) in [6.07, 6.45) is 0. The molecule has 20 heavy (non-hydrogen) atoms. The van der Waals surface area contributed by atoms with Crippen LogP contribution in [0.2, 0.25) is 8.67 Å². The summed E-state index contributed by atoms with van der Waals surface area (Å²) in [6, 6.07) is 7.89. The van der Waals surface area contributed by atoms with E-state index in [0.29, 0.717) is 31.1 Å². The van der Waals surface area contributed by atoms with Crippen LogP contribution in [0, 0.1) is 5.82 Å². The third kappa shape index (κ3) is 2.18. The molecule has 2 heterocycles. The van der Waals surface area contributed by atoms with Gasteiger partial charge in [-0.15, -0.1) is 11.3 Å². The van der Waals surface area contributed by atoms with Gasteiger partial charge in [-0.2, -0.15) is 0 Å². The lowest BCUT2D eigenvalue weighted by molar-refractivity contribution is 0.439. The average molecular weight is 329 g/mol. The van der Waals surface area contributed by atoms with Crippen LogP contribution in [0.1, 0.15) is 0 Å². The fourth-order valence-corrected chi connectivity index (χ4v) is 3.38. The van der Waals surface area contributed by atoms with Gasteiger partial charge in [-0.1, -0.05) is 46.6 Å². The third-order valence-electron chi connectivity index (χ3n) is 2.77. The van der Waals surface area contributed by atoms with Gasteiger partial charge in [0.2, 0.25) is 5.88 Å². The molecule has 0 saturated carbocycles. The van der Waals surface area contributed by atoms with Crippen molar-refractivity contribution < 1.29 is 8.91 Å². The molecule has 3 rings (SSSR count). The van der Waals surface area contributed by atoms with Crippen LogP contribution < -0.4 is 5.73 Å². The number of nitrogens with two attached hydrogens (primary N) is 1. The van der Waals surface area contributed by atoms with E-state index in [0.717, 1.165) is 0 Å². The van der Waals surface area contributed by atoms with E-state index in [1.54, 1.807) is 24.3 Å². The lowest BCUT2D eigenvalue weighted by Crippen LogP contribution is -1.90. The van der Waals surface area contributed by atoms with Gasteiger partial charge in [0.15, 0.2) is 0 Å². The van der Waals surface area contributed by atoms with E-state index < -0.39 is 5.82 Å². The Morgan fingerprint density at radius 3 is 2.60 bits per heavy atom. The minimum absolute atomic E-state index is 0.0310. The number of halogens is 3. The van der Waals surface area contributed by atoms with Crippen molar-refractivity contribution >= 4 is 40.4 Å². The molecule has 1 aromatic carbocycles. The van der Waals surface area contributed by atoms with Crippen LogP contribution in [-0.4, -0.2) is 5.16 Å². The molecule has 0 aliphatic heterocycles. The molecule has 0 aliphatic carbocycles. The lowest BCUT2D eigenvalue weighted by Gasteiger charge is -2.03. The Balaban J connectivity index is 2.26. The van der Waals surface area contributed by atoms with Gasteiger partial charge in [0.25, 0.3) is 0 Å². The normalized spacial score (nSPS) is 10.9. The van der Waals surface area contributed by atoms with Crippen molar-refractivity contribution in [1.29, 1.82) is 0 Å². The second kappa shape index (κ2) is 5.09. The number of rotatable bonds is 2. The molecular weight excluding hydrogens is 322 g/mol. The average Bonchev–Trinajstić information content (AvgIpc) is 2.93. The van der Waals surface area contributed by atoms with E-state index in [-0.39, 0.29) is 5.88 Å². The summed E-state index contributed by atoms with van der Waals surface area (Å²) in [6.45, 7) is 0. The zero-order chi connectivity index (χ0) is 14.3. The molecule has 3 aromatic rings. The van der Waals surface area contributed by atoms with E-state index in [1.807, 2.05) is 0 Å². The summed E-state index contributed by atoms with van der Waals surface area (Å²) in [5.41, 5.74) is 7.39. The van der Waals surface area contributed by atoms with Gasteiger partial charge in [-0.05, 0) is 12.1 Å². The predicted octanol–water partition coefficient (Wildman–Crippen LogP) is 5.10. The summed E-state index contributed by atoms with van der Waals surface area (Å²) in [5, 5.41) is 3.87. The van der Waals surface area contributed by atoms with Crippen LogP contribution in [0.25, 0.3) is 22.4 Å². The largest absolute Gasteiger partial charge is 0.367 e. The molecule has 0 unspecified atom stereocenters. The number of thiophene rings is 1. The van der Waals surface area contributed by atoms with E-state index in [2.05, 4.69) is 5.16 Å². The summed E-state index contributed by atoms with van der Waals surface area (Å²) in [4.78, 5) is 0. The molecule has 102 valence electrons. The number of benzene rings is 1. The topological polar surface area (TPSA) is 52.0 Å². The summed E-state index contributed by atoms with van der Waals surface area (Å²) >= 11 is 13.2. The monoisotopic (exact) mass is 328 g/mol. The Morgan fingerprint density at radius 2 is 1.95 bits per heavy atom. The molecule has 0 aliphatic rings. The first-order valence-electron chi connectivity index (χ1n) is 5.53. The first-order chi connectivity index (χ1) is 9.58. The maximum absolute atomic E-state index is 14.0. The second-order valence-electron chi connectivity index (χ2n) is 3.99. The predicted molar refractivity (Wildman–Crippen MR) is 79.6 cm³/mol. The van der Waals surface area contributed by atoms with Crippen molar-refractivity contribution in [1.82, 2.24) is 5.16 Å². The highest BCUT2D eigenvalue weighted by Crippen LogP contribution is 2.44. The number of hydrogen-bond donors (Lipinski definition) is 1. The number of nitrogens with zero attached hydrogens (tertiary/aromatic N) is 1. The maximum Gasteiger partial charge on any atom is 0.230 e. The SMILES string of the molecule is Nc1onc(-c2cc(Cl)sc2Cl)c1-c1ccccc1F. The molecule has 2 aromatic heterocycles. The van der Waals surface area contributed by atoms with Gasteiger partial charge >= 0.3 is 0 Å². The molecule has 0 bridgehead atoms. The maximum atomic E-state index is 14.0. The highest BCUT2D eigenvalue weighted by Gasteiger charge is 2.22. The molecule has 0 amide bonds. The molecule has 0 radical (unpaired) electrons. The number of aromatic nitrogens is 1. The van der Waals surface area contributed by atoms with Crippen LogP contribution in [0.4, 0.5) is 10.3 Å². The highest BCUT2D eigenvalue weighted by molar-refractivity contribution is 7.20. The van der Waals surface area contributed by atoms with Gasteiger partial charge in [-0.3, -0.25) is 0 Å². The van der Waals surface area contributed by atoms with Crippen LogP contribution in [0.3, 0.4) is 0 Å². The highest BCUT2D eigenvalue weighted by atomic mass is 35.5. The third-order valence-corrected chi connectivity index (χ3v) is 4.26. The van der Waals surface area contributed by atoms with Crippen molar-refractivity contribution in [2.24, 2.45) is 0 Å². The molecule has 3 nitrogen and oxygen atoms in total. The van der Waals surface area contributed by atoms with Crippen molar-refractivity contribution in [3.8, 4) is 22.4 Å². The molecule has 0 atom stereocenters. The van der Waals surface area contributed by atoms with Gasteiger partial charge in [0.05, 0.1) is 9.90 Å². The molecule has 0 saturated heterocycles. The molecule has 7 heteroatoms. The zero-order valence-corrected chi connectivity index (χ0v) is 12.2. The minimum atomic E-state index is -0.416. The number of nitrogen functional groups attached to an aromatic ring is 1. The van der Waals surface area contributed by atoms with E-state index in [4.69, 9.17) is 33.5 Å². The molecule has 0 fully saturated rings. The first kappa shape index (κ1) is 13.4. The van der Waals surface area contributed by atoms with Crippen molar-refractivity contribution in [2.75, 3.05) is 5.73 Å². The molecule has 0 spiro atoms. The number of hydrogen-bond acceptors (Lipinski definition) is 4. The van der Waals surface area contributed by atoms with Crippen LogP contribution >= 0.6 is 34.5 Å².